The first kappa shape index (κ1) is 12.5. The van der Waals surface area contributed by atoms with Crippen molar-refractivity contribution in [2.45, 2.75) is 29.7 Å². The molecule has 0 aliphatic heterocycles. The molecule has 0 rings (SSSR count). The van der Waals surface area contributed by atoms with Crippen LogP contribution in [0.4, 0.5) is 0 Å². The Labute approximate surface area is 90.7 Å². The lowest BCUT2D eigenvalue weighted by Gasteiger charge is -2.00. The van der Waals surface area contributed by atoms with Crippen molar-refractivity contribution in [1.29, 1.82) is 0 Å². The van der Waals surface area contributed by atoms with Crippen molar-refractivity contribution in [3.05, 3.63) is 0 Å². The third-order valence-electron chi connectivity index (χ3n) is 1.47. The molecule has 0 aliphatic carbocycles. The van der Waals surface area contributed by atoms with Gasteiger partial charge in [0.15, 0.2) is 0 Å². The summed E-state index contributed by atoms with van der Waals surface area (Å²) >= 11 is 2.10. The van der Waals surface area contributed by atoms with Crippen LogP contribution < -0.4 is 0 Å². The Kier molecular flexibility index (Phi) is 9.20. The molecule has 0 N–H and O–H groups in total. The highest BCUT2D eigenvalue weighted by molar-refractivity contribution is 14.1. The third-order valence-corrected chi connectivity index (χ3v) is 2.37. The van der Waals surface area contributed by atoms with E-state index in [1.165, 1.54) is 12.2 Å². The lowest BCUT2D eigenvalue weighted by Crippen LogP contribution is -1.92. The standard InChI is InChI=1S/C8H11IN2O2/c9-8(11-7-13)4-2-1-3-5-10-6-12/h8H,1-5H2. The third kappa shape index (κ3) is 9.40. The number of alkyl halides is 1. The van der Waals surface area contributed by atoms with Crippen LogP contribution in [-0.4, -0.2) is 22.8 Å². The van der Waals surface area contributed by atoms with Gasteiger partial charge < -0.3 is 0 Å². The summed E-state index contributed by atoms with van der Waals surface area (Å²) < 4.78 is 0.0321. The van der Waals surface area contributed by atoms with E-state index in [1.54, 1.807) is 0 Å². The van der Waals surface area contributed by atoms with Crippen molar-refractivity contribution >= 4 is 34.8 Å². The summed E-state index contributed by atoms with van der Waals surface area (Å²) in [6.07, 6.45) is 6.78. The molecule has 0 radical (unpaired) electrons. The van der Waals surface area contributed by atoms with Crippen LogP contribution in [0.15, 0.2) is 9.98 Å². The number of carbonyl (C=O) groups excluding carboxylic acids is 2. The molecule has 1 atom stereocenters. The van der Waals surface area contributed by atoms with Crippen molar-refractivity contribution in [1.82, 2.24) is 0 Å². The van der Waals surface area contributed by atoms with Gasteiger partial charge in [-0.25, -0.2) is 14.6 Å². The van der Waals surface area contributed by atoms with Crippen molar-refractivity contribution in [3.63, 3.8) is 0 Å². The highest BCUT2D eigenvalue weighted by atomic mass is 127. The van der Waals surface area contributed by atoms with Crippen LogP contribution in [0.25, 0.3) is 0 Å². The van der Waals surface area contributed by atoms with Crippen LogP contribution in [0.3, 0.4) is 0 Å². The molecule has 0 bridgehead atoms. The molecule has 4 nitrogen and oxygen atoms in total. The van der Waals surface area contributed by atoms with Crippen molar-refractivity contribution in [2.75, 3.05) is 6.54 Å². The van der Waals surface area contributed by atoms with E-state index in [-0.39, 0.29) is 4.05 Å². The fourth-order valence-electron chi connectivity index (χ4n) is 0.848. The Morgan fingerprint density at radius 3 is 2.54 bits per heavy atom. The second kappa shape index (κ2) is 9.58. The zero-order chi connectivity index (χ0) is 9.94. The SMILES string of the molecule is O=C=NCCCCCC(I)N=C=O. The molecular weight excluding hydrogens is 283 g/mol. The van der Waals surface area contributed by atoms with E-state index >= 15 is 0 Å². The molecule has 5 heteroatoms. The van der Waals surface area contributed by atoms with Crippen molar-refractivity contribution < 1.29 is 9.59 Å². The van der Waals surface area contributed by atoms with Gasteiger partial charge in [-0.05, 0) is 12.8 Å². The number of rotatable bonds is 7. The molecule has 1 unspecified atom stereocenters. The summed E-state index contributed by atoms with van der Waals surface area (Å²) in [5, 5.41) is 0. The van der Waals surface area contributed by atoms with Gasteiger partial charge in [0, 0.05) is 0 Å². The van der Waals surface area contributed by atoms with Crippen LogP contribution in [0.2, 0.25) is 0 Å². The Hall–Kier alpha value is -0.510. The molecule has 0 aromatic heterocycles. The summed E-state index contributed by atoms with van der Waals surface area (Å²) in [5.74, 6) is 0. The summed E-state index contributed by atoms with van der Waals surface area (Å²) in [5.41, 5.74) is 0. The summed E-state index contributed by atoms with van der Waals surface area (Å²) in [4.78, 5) is 26.5. The second-order valence-electron chi connectivity index (χ2n) is 2.48. The van der Waals surface area contributed by atoms with E-state index in [0.29, 0.717) is 6.54 Å². The van der Waals surface area contributed by atoms with E-state index in [1.807, 2.05) is 0 Å². The van der Waals surface area contributed by atoms with Crippen LogP contribution in [0.1, 0.15) is 25.7 Å². The van der Waals surface area contributed by atoms with Crippen LogP contribution in [0, 0.1) is 0 Å². The zero-order valence-corrected chi connectivity index (χ0v) is 9.36. The normalized spacial score (nSPS) is 11.2. The van der Waals surface area contributed by atoms with Gasteiger partial charge in [-0.3, -0.25) is 0 Å². The van der Waals surface area contributed by atoms with Gasteiger partial charge in [0.25, 0.3) is 0 Å². The molecule has 0 amide bonds. The highest BCUT2D eigenvalue weighted by Gasteiger charge is 1.99. The minimum Gasteiger partial charge on any atom is -0.211 e. The predicted molar refractivity (Wildman–Crippen MR) is 57.4 cm³/mol. The van der Waals surface area contributed by atoms with Crippen molar-refractivity contribution in [3.8, 4) is 0 Å². The van der Waals surface area contributed by atoms with Crippen LogP contribution in [-0.2, 0) is 9.59 Å². The maximum absolute atomic E-state index is 9.83. The Morgan fingerprint density at radius 1 is 1.15 bits per heavy atom. The smallest absolute Gasteiger partial charge is 0.211 e. The number of unbranched alkanes of at least 4 members (excludes halogenated alkanes) is 2. The molecule has 0 heterocycles. The molecule has 0 aromatic carbocycles. The largest absolute Gasteiger partial charge is 0.236 e. The first-order valence-corrected chi connectivity index (χ1v) is 5.30. The molecule has 0 aliphatic rings. The number of halogens is 1. The minimum atomic E-state index is 0.0321. The Balaban J connectivity index is 3.24. The van der Waals surface area contributed by atoms with Gasteiger partial charge in [-0.2, -0.15) is 4.99 Å². The molecule has 0 aromatic rings. The number of aliphatic imine (C=N–C) groups is 2. The Morgan fingerprint density at radius 2 is 1.92 bits per heavy atom. The van der Waals surface area contributed by atoms with Gasteiger partial charge >= 0.3 is 0 Å². The van der Waals surface area contributed by atoms with Gasteiger partial charge in [0.1, 0.15) is 4.05 Å². The van der Waals surface area contributed by atoms with Crippen LogP contribution >= 0.6 is 22.6 Å². The van der Waals surface area contributed by atoms with E-state index < -0.39 is 0 Å². The van der Waals surface area contributed by atoms with Gasteiger partial charge in [0.2, 0.25) is 12.2 Å². The molecule has 0 fully saturated rings. The van der Waals surface area contributed by atoms with E-state index in [0.717, 1.165) is 25.7 Å². The zero-order valence-electron chi connectivity index (χ0n) is 7.20. The van der Waals surface area contributed by atoms with Gasteiger partial charge in [-0.1, -0.05) is 35.4 Å². The van der Waals surface area contributed by atoms with Gasteiger partial charge in [-0.15, -0.1) is 0 Å². The highest BCUT2D eigenvalue weighted by Crippen LogP contribution is 2.11. The average Bonchev–Trinajstić information content (AvgIpc) is 2.11. The number of isocyanates is 2. The van der Waals surface area contributed by atoms with E-state index in [4.69, 9.17) is 0 Å². The second-order valence-corrected chi connectivity index (χ2v) is 3.92. The lowest BCUT2D eigenvalue weighted by atomic mass is 10.2. The average molecular weight is 294 g/mol. The maximum atomic E-state index is 9.83. The minimum absolute atomic E-state index is 0.0321. The summed E-state index contributed by atoms with van der Waals surface area (Å²) in [6.45, 7) is 0.548. The number of hydrogen-bond donors (Lipinski definition) is 0. The first-order chi connectivity index (χ1) is 6.31. The molecule has 72 valence electrons. The fourth-order valence-corrected chi connectivity index (χ4v) is 1.40. The summed E-state index contributed by atoms with van der Waals surface area (Å²) in [6, 6.07) is 0. The number of nitrogens with zero attached hydrogens (tertiary/aromatic N) is 2. The maximum Gasteiger partial charge on any atom is 0.236 e. The molecule has 0 saturated heterocycles. The van der Waals surface area contributed by atoms with Crippen molar-refractivity contribution in [2.24, 2.45) is 9.98 Å². The molecule has 13 heavy (non-hydrogen) atoms. The molecular formula is C8H11IN2O2. The lowest BCUT2D eigenvalue weighted by molar-refractivity contribution is 0.557. The van der Waals surface area contributed by atoms with Gasteiger partial charge in [0.05, 0.1) is 6.54 Å². The number of hydrogen-bond acceptors (Lipinski definition) is 4. The quantitative estimate of drug-likeness (QED) is 0.180. The predicted octanol–water partition coefficient (Wildman–Crippen LogP) is 1.98. The van der Waals surface area contributed by atoms with Crippen LogP contribution in [0.5, 0.6) is 0 Å². The van der Waals surface area contributed by atoms with E-state index in [2.05, 4.69) is 32.6 Å². The first-order valence-electron chi connectivity index (χ1n) is 4.06. The fraction of sp³-hybridized carbons (Fsp3) is 0.750. The molecule has 0 spiro atoms. The summed E-state index contributed by atoms with van der Waals surface area (Å²) in [7, 11) is 0. The molecule has 0 saturated carbocycles. The Bertz CT molecular complexity index is 220. The van der Waals surface area contributed by atoms with E-state index in [9.17, 15) is 9.59 Å². The topological polar surface area (TPSA) is 58.9 Å². The monoisotopic (exact) mass is 294 g/mol.